The predicted molar refractivity (Wildman–Crippen MR) is 140 cm³/mol. The van der Waals surface area contributed by atoms with Crippen molar-refractivity contribution in [3.05, 3.63) is 107 Å². The Hall–Kier alpha value is -3.92. The van der Waals surface area contributed by atoms with Gasteiger partial charge in [0, 0.05) is 31.5 Å². The fraction of sp³-hybridized carbons (Fsp3) is 0.226. The summed E-state index contributed by atoms with van der Waals surface area (Å²) in [6.07, 6.45) is 6.19. The van der Waals surface area contributed by atoms with Crippen LogP contribution in [0.2, 0.25) is 0 Å². The van der Waals surface area contributed by atoms with Gasteiger partial charge in [-0.15, -0.1) is 0 Å². The van der Waals surface area contributed by atoms with E-state index >= 15 is 0 Å². The van der Waals surface area contributed by atoms with Gasteiger partial charge in [-0.3, -0.25) is 9.59 Å². The van der Waals surface area contributed by atoms with Gasteiger partial charge in [0.15, 0.2) is 0 Å². The van der Waals surface area contributed by atoms with E-state index in [0.717, 1.165) is 40.1 Å². The maximum atomic E-state index is 13.7. The number of benzene rings is 3. The van der Waals surface area contributed by atoms with Gasteiger partial charge in [-0.1, -0.05) is 60.7 Å². The fourth-order valence-electron chi connectivity index (χ4n) is 5.12. The van der Waals surface area contributed by atoms with Gasteiger partial charge in [0.05, 0.1) is 7.11 Å². The summed E-state index contributed by atoms with van der Waals surface area (Å²) in [5, 5.41) is 0. The van der Waals surface area contributed by atoms with Gasteiger partial charge in [-0.25, -0.2) is 0 Å². The Kier molecular flexibility index (Phi) is 6.37. The number of ketones is 1. The standard InChI is InChI=1S/C31H29NO3/c1-32(26-12-14-28(35-2)15-13-26)31(34)25-17-22-7-5-6-21(16-22)10-11-24-18-23-8-3-4-9-29(23)30(24)20-27(33)19-25/h3-16,25H,17-20H2,1-2H3/t25-/m1/s1. The molecule has 2 aliphatic carbocycles. The highest BCUT2D eigenvalue weighted by molar-refractivity contribution is 6.00. The van der Waals surface area contributed by atoms with Gasteiger partial charge in [-0.2, -0.15) is 0 Å². The highest BCUT2D eigenvalue weighted by atomic mass is 16.5. The van der Waals surface area contributed by atoms with Crippen LogP contribution in [-0.4, -0.2) is 25.8 Å². The predicted octanol–water partition coefficient (Wildman–Crippen LogP) is 5.90. The van der Waals surface area contributed by atoms with E-state index in [0.29, 0.717) is 12.8 Å². The smallest absolute Gasteiger partial charge is 0.230 e. The SMILES string of the molecule is COc1ccc(N(C)C(=O)[C@H]2CC(=O)CC3=C(C=Cc4cccc(c4)C2)Cc2ccccc23)cc1. The van der Waals surface area contributed by atoms with Crippen LogP contribution in [0, 0.1) is 5.92 Å². The Bertz CT molecular complexity index is 1330. The Morgan fingerprint density at radius 2 is 1.71 bits per heavy atom. The molecule has 0 N–H and O–H groups in total. The van der Waals surface area contributed by atoms with Crippen molar-refractivity contribution >= 4 is 29.0 Å². The lowest BCUT2D eigenvalue weighted by Gasteiger charge is -2.24. The molecule has 0 heterocycles. The van der Waals surface area contributed by atoms with Crippen molar-refractivity contribution in [1.29, 1.82) is 0 Å². The lowest BCUT2D eigenvalue weighted by atomic mass is 9.88. The zero-order valence-corrected chi connectivity index (χ0v) is 20.2. The van der Waals surface area contributed by atoms with Crippen LogP contribution in [0.15, 0.2) is 84.4 Å². The van der Waals surface area contributed by atoms with E-state index in [1.807, 2.05) is 48.5 Å². The molecule has 176 valence electrons. The van der Waals surface area contributed by atoms with E-state index < -0.39 is 5.92 Å². The van der Waals surface area contributed by atoms with Crippen LogP contribution in [0.25, 0.3) is 11.6 Å². The maximum Gasteiger partial charge on any atom is 0.230 e. The first-order valence-corrected chi connectivity index (χ1v) is 12.0. The van der Waals surface area contributed by atoms with Crippen LogP contribution >= 0.6 is 0 Å². The Labute approximate surface area is 206 Å². The van der Waals surface area contributed by atoms with Crippen molar-refractivity contribution in [2.75, 3.05) is 19.1 Å². The van der Waals surface area contributed by atoms with E-state index in [4.69, 9.17) is 4.74 Å². The highest BCUT2D eigenvalue weighted by Crippen LogP contribution is 2.37. The fourth-order valence-corrected chi connectivity index (χ4v) is 5.12. The van der Waals surface area contributed by atoms with Gasteiger partial charge in [0.1, 0.15) is 11.5 Å². The first-order valence-electron chi connectivity index (χ1n) is 12.0. The summed E-state index contributed by atoms with van der Waals surface area (Å²) in [6, 6.07) is 24.0. The van der Waals surface area contributed by atoms with Crippen LogP contribution < -0.4 is 9.64 Å². The van der Waals surface area contributed by atoms with Crippen molar-refractivity contribution < 1.29 is 14.3 Å². The Morgan fingerprint density at radius 3 is 2.51 bits per heavy atom. The lowest BCUT2D eigenvalue weighted by molar-refractivity contribution is -0.127. The minimum Gasteiger partial charge on any atom is -0.497 e. The number of anilines is 1. The molecular formula is C31H29NO3. The van der Waals surface area contributed by atoms with Gasteiger partial charge in [0.2, 0.25) is 5.91 Å². The first-order chi connectivity index (χ1) is 17.0. The number of nitrogens with zero attached hydrogens (tertiary/aromatic N) is 1. The number of fused-ring (bicyclic) bond motifs is 4. The normalized spacial score (nSPS) is 17.2. The van der Waals surface area contributed by atoms with Crippen LogP contribution in [0.3, 0.4) is 0 Å². The molecule has 2 bridgehead atoms. The van der Waals surface area contributed by atoms with Gasteiger partial charge in [-0.05, 0) is 70.5 Å². The number of rotatable bonds is 3. The van der Waals surface area contributed by atoms with E-state index in [1.165, 1.54) is 11.1 Å². The zero-order chi connectivity index (χ0) is 24.4. The van der Waals surface area contributed by atoms with Crippen LogP contribution in [-0.2, 0) is 22.4 Å². The number of amides is 1. The third kappa shape index (κ3) is 4.83. The number of Topliss-reactive ketones (excluding diaryl/α,β-unsaturated/α-hetero) is 1. The van der Waals surface area contributed by atoms with Crippen LogP contribution in [0.4, 0.5) is 5.69 Å². The first kappa shape index (κ1) is 22.9. The Balaban J connectivity index is 1.48. The average Bonchev–Trinajstić information content (AvgIpc) is 3.23. The number of allylic oxidation sites excluding steroid dienone is 3. The topological polar surface area (TPSA) is 46.6 Å². The second-order valence-electron chi connectivity index (χ2n) is 9.33. The summed E-state index contributed by atoms with van der Waals surface area (Å²) in [7, 11) is 3.39. The second-order valence-corrected chi connectivity index (χ2v) is 9.33. The number of carbonyl (C=O) groups is 2. The van der Waals surface area contributed by atoms with E-state index in [1.54, 1.807) is 19.1 Å². The molecule has 0 fully saturated rings. The van der Waals surface area contributed by atoms with Crippen molar-refractivity contribution in [3.63, 3.8) is 0 Å². The lowest BCUT2D eigenvalue weighted by Crippen LogP contribution is -2.35. The van der Waals surface area contributed by atoms with Crippen LogP contribution in [0.1, 0.15) is 35.1 Å². The number of methoxy groups -OCH3 is 1. The molecule has 4 heteroatoms. The molecule has 0 unspecified atom stereocenters. The largest absolute Gasteiger partial charge is 0.497 e. The second kappa shape index (κ2) is 9.75. The van der Waals surface area contributed by atoms with Crippen LogP contribution in [0.5, 0.6) is 5.75 Å². The molecule has 0 saturated heterocycles. The molecule has 0 saturated carbocycles. The molecule has 0 spiro atoms. The average molecular weight is 464 g/mol. The number of carbonyl (C=O) groups excluding carboxylic acids is 2. The number of hydrogen-bond acceptors (Lipinski definition) is 3. The molecular weight excluding hydrogens is 434 g/mol. The van der Waals surface area contributed by atoms with E-state index in [2.05, 4.69) is 36.4 Å². The number of ether oxygens (including phenoxy) is 1. The summed E-state index contributed by atoms with van der Waals surface area (Å²) in [5.41, 5.74) is 7.63. The summed E-state index contributed by atoms with van der Waals surface area (Å²) < 4.78 is 5.24. The van der Waals surface area contributed by atoms with Crippen molar-refractivity contribution in [2.45, 2.75) is 25.7 Å². The van der Waals surface area contributed by atoms with Crippen molar-refractivity contribution in [1.82, 2.24) is 0 Å². The van der Waals surface area contributed by atoms with Crippen molar-refractivity contribution in [3.8, 4) is 5.75 Å². The summed E-state index contributed by atoms with van der Waals surface area (Å²) in [5.74, 6) is 0.346. The maximum absolute atomic E-state index is 13.7. The molecule has 4 nitrogen and oxygen atoms in total. The zero-order valence-electron chi connectivity index (χ0n) is 20.2. The summed E-state index contributed by atoms with van der Waals surface area (Å²) in [6.45, 7) is 0. The third-order valence-electron chi connectivity index (χ3n) is 7.01. The van der Waals surface area contributed by atoms with Gasteiger partial charge in [0.25, 0.3) is 0 Å². The molecule has 3 aromatic carbocycles. The molecule has 1 atom stereocenters. The Morgan fingerprint density at radius 1 is 0.914 bits per heavy atom. The molecule has 0 aromatic heterocycles. The molecule has 5 rings (SSSR count). The van der Waals surface area contributed by atoms with E-state index in [-0.39, 0.29) is 18.1 Å². The molecule has 2 aliphatic rings. The summed E-state index contributed by atoms with van der Waals surface area (Å²) in [4.78, 5) is 28.7. The monoisotopic (exact) mass is 463 g/mol. The van der Waals surface area contributed by atoms with E-state index in [9.17, 15) is 9.59 Å². The third-order valence-corrected chi connectivity index (χ3v) is 7.01. The van der Waals surface area contributed by atoms with Gasteiger partial charge < -0.3 is 9.64 Å². The minimum absolute atomic E-state index is 0.0532. The minimum atomic E-state index is -0.436. The molecule has 0 radical (unpaired) electrons. The quantitative estimate of drug-likeness (QED) is 0.486. The molecule has 3 aromatic rings. The highest BCUT2D eigenvalue weighted by Gasteiger charge is 2.28. The van der Waals surface area contributed by atoms with Gasteiger partial charge >= 0.3 is 0 Å². The van der Waals surface area contributed by atoms with Crippen molar-refractivity contribution in [2.24, 2.45) is 5.92 Å². The molecule has 0 aliphatic heterocycles. The summed E-state index contributed by atoms with van der Waals surface area (Å²) >= 11 is 0. The molecule has 35 heavy (non-hydrogen) atoms. The molecule has 1 amide bonds. The number of hydrogen-bond donors (Lipinski definition) is 0.